The number of allylic oxidation sites excluding steroid dienone is 1. The van der Waals surface area contributed by atoms with Crippen molar-refractivity contribution in [1.82, 2.24) is 25.6 Å². The lowest BCUT2D eigenvalue weighted by molar-refractivity contribution is -0.157. The first-order valence-electron chi connectivity index (χ1n) is 7.91. The molecule has 0 aromatic carbocycles. The molecule has 1 fully saturated rings. The van der Waals surface area contributed by atoms with Crippen LogP contribution < -0.4 is 5.32 Å². The van der Waals surface area contributed by atoms with Crippen molar-refractivity contribution in [2.24, 2.45) is 0 Å². The van der Waals surface area contributed by atoms with E-state index >= 15 is 0 Å². The molecular formula is C14H15F2N5O4S3. The van der Waals surface area contributed by atoms with E-state index < -0.39 is 35.1 Å². The van der Waals surface area contributed by atoms with Gasteiger partial charge in [-0.25, -0.2) is 4.79 Å². The molecule has 9 nitrogen and oxygen atoms in total. The van der Waals surface area contributed by atoms with Crippen molar-refractivity contribution in [3.8, 4) is 0 Å². The molecule has 28 heavy (non-hydrogen) atoms. The minimum atomic E-state index is -3.65. The highest BCUT2D eigenvalue weighted by Crippen LogP contribution is 2.42. The van der Waals surface area contributed by atoms with Crippen molar-refractivity contribution in [3.05, 3.63) is 16.8 Å². The Labute approximate surface area is 170 Å². The highest BCUT2D eigenvalue weighted by atomic mass is 32.2. The summed E-state index contributed by atoms with van der Waals surface area (Å²) in [4.78, 5) is 37.4. The minimum Gasteiger partial charge on any atom is -0.477 e. The van der Waals surface area contributed by atoms with Gasteiger partial charge in [0, 0.05) is 4.91 Å². The molecule has 0 aliphatic carbocycles. The molecule has 1 aromatic heterocycles. The van der Waals surface area contributed by atoms with Gasteiger partial charge in [-0.1, -0.05) is 28.7 Å². The number of hydrogen-bond donors (Lipinski definition) is 3. The molecule has 2 amide bonds. The predicted octanol–water partition coefficient (Wildman–Crippen LogP) is 1.33. The maximum Gasteiger partial charge on any atom is 0.370 e. The molecule has 0 saturated carbocycles. The van der Waals surface area contributed by atoms with Crippen LogP contribution in [0.1, 0.15) is 12.8 Å². The molecule has 1 saturated heterocycles. The van der Waals surface area contributed by atoms with E-state index in [0.29, 0.717) is 27.9 Å². The maximum atomic E-state index is 13.4. The zero-order valence-electron chi connectivity index (χ0n) is 14.3. The molecule has 0 spiro atoms. The van der Waals surface area contributed by atoms with E-state index in [-0.39, 0.29) is 17.5 Å². The Kier molecular flexibility index (Phi) is 6.19. The Hall–Kier alpha value is -1.80. The zero-order valence-corrected chi connectivity index (χ0v) is 16.8. The highest BCUT2D eigenvalue weighted by Gasteiger charge is 2.55. The average molecular weight is 452 g/mol. The summed E-state index contributed by atoms with van der Waals surface area (Å²) < 4.78 is 26.9. The largest absolute Gasteiger partial charge is 0.477 e. The third-order valence-corrected chi connectivity index (χ3v) is 7.12. The molecule has 0 unspecified atom stereocenters. The van der Waals surface area contributed by atoms with E-state index in [1.54, 1.807) is 6.20 Å². The molecular weight excluding hydrogens is 436 g/mol. The second kappa shape index (κ2) is 8.29. The number of alkyl halides is 2. The number of hydrogen-bond acceptors (Lipinski definition) is 8. The van der Waals surface area contributed by atoms with Crippen molar-refractivity contribution < 1.29 is 28.3 Å². The van der Waals surface area contributed by atoms with Crippen LogP contribution in [0.15, 0.2) is 21.8 Å². The number of carboxylic acid groups (broad SMARTS) is 1. The summed E-state index contributed by atoms with van der Waals surface area (Å²) >= 11 is 2.69. The summed E-state index contributed by atoms with van der Waals surface area (Å²) in [6, 6.07) is -1.79. The van der Waals surface area contributed by atoms with Gasteiger partial charge in [0.15, 0.2) is 0 Å². The lowest BCUT2D eigenvalue weighted by Gasteiger charge is -2.50. The van der Waals surface area contributed by atoms with Gasteiger partial charge in [-0.05, 0) is 19.1 Å². The van der Waals surface area contributed by atoms with E-state index in [1.807, 2.05) is 5.32 Å². The van der Waals surface area contributed by atoms with Gasteiger partial charge >= 0.3 is 17.1 Å². The van der Waals surface area contributed by atoms with Gasteiger partial charge in [0.25, 0.3) is 5.91 Å². The van der Waals surface area contributed by atoms with Crippen LogP contribution in [0.3, 0.4) is 0 Å². The molecule has 2 aliphatic heterocycles. The van der Waals surface area contributed by atoms with Crippen LogP contribution in [-0.4, -0.2) is 71.9 Å². The first-order chi connectivity index (χ1) is 13.3. The quantitative estimate of drug-likeness (QED) is 0.305. The van der Waals surface area contributed by atoms with Crippen LogP contribution in [0, 0.1) is 0 Å². The number of H-pyrrole nitrogens is 1. The topological polar surface area (TPSA) is 128 Å². The SMILES string of the molecule is CSC(F)(F)C(=O)N[C@@H]1C(=O)N2C(C(=O)O)=C(SCSc3c[nH]nn3)CC[C@@H]12. The van der Waals surface area contributed by atoms with Gasteiger partial charge in [-0.2, -0.15) is 8.78 Å². The summed E-state index contributed by atoms with van der Waals surface area (Å²) in [6.45, 7) is 0. The number of rotatable bonds is 8. The molecule has 2 atom stereocenters. The van der Waals surface area contributed by atoms with Gasteiger partial charge in [0.2, 0.25) is 0 Å². The number of carbonyl (C=O) groups excluding carboxylic acids is 2. The molecule has 3 rings (SSSR count). The van der Waals surface area contributed by atoms with Crippen molar-refractivity contribution >= 4 is 53.1 Å². The Morgan fingerprint density at radius 1 is 1.46 bits per heavy atom. The van der Waals surface area contributed by atoms with E-state index in [4.69, 9.17) is 0 Å². The zero-order chi connectivity index (χ0) is 20.5. The van der Waals surface area contributed by atoms with Crippen molar-refractivity contribution in [1.29, 1.82) is 0 Å². The average Bonchev–Trinajstić information content (AvgIpc) is 3.18. The number of thioether (sulfide) groups is 3. The van der Waals surface area contributed by atoms with Gasteiger partial charge in [0.1, 0.15) is 16.8 Å². The van der Waals surface area contributed by atoms with E-state index in [1.165, 1.54) is 23.5 Å². The van der Waals surface area contributed by atoms with Crippen LogP contribution in [0.2, 0.25) is 0 Å². The molecule has 14 heteroatoms. The third kappa shape index (κ3) is 3.98. The summed E-state index contributed by atoms with van der Waals surface area (Å²) in [5.74, 6) is -3.52. The molecule has 0 bridgehead atoms. The van der Waals surface area contributed by atoms with Crippen molar-refractivity contribution in [3.63, 3.8) is 0 Å². The normalized spacial score (nSPS) is 22.0. The van der Waals surface area contributed by atoms with E-state index in [9.17, 15) is 28.3 Å². The van der Waals surface area contributed by atoms with Crippen LogP contribution >= 0.6 is 35.3 Å². The Morgan fingerprint density at radius 3 is 2.82 bits per heavy atom. The lowest BCUT2D eigenvalue weighted by Crippen LogP contribution is -2.72. The number of aliphatic carboxylic acids is 1. The predicted molar refractivity (Wildman–Crippen MR) is 99.6 cm³/mol. The number of carboxylic acids is 1. The van der Waals surface area contributed by atoms with Crippen molar-refractivity contribution in [2.75, 3.05) is 11.3 Å². The second-order valence-electron chi connectivity index (χ2n) is 5.78. The van der Waals surface area contributed by atoms with Crippen LogP contribution in [-0.2, 0) is 14.4 Å². The molecule has 2 aliphatic rings. The summed E-state index contributed by atoms with van der Waals surface area (Å²) in [5, 5.41) is 19.0. The number of halogens is 2. The van der Waals surface area contributed by atoms with Gasteiger partial charge in [0.05, 0.1) is 17.3 Å². The minimum absolute atomic E-state index is 0.0649. The number of nitrogens with zero attached hydrogens (tertiary/aromatic N) is 3. The molecule has 3 N–H and O–H groups in total. The first kappa shape index (κ1) is 20.9. The molecule has 3 heterocycles. The third-order valence-electron chi connectivity index (χ3n) is 4.24. The smallest absolute Gasteiger partial charge is 0.370 e. The van der Waals surface area contributed by atoms with Crippen LogP contribution in [0.4, 0.5) is 8.78 Å². The summed E-state index contributed by atoms with van der Waals surface area (Å²) in [7, 11) is 0. The van der Waals surface area contributed by atoms with Crippen LogP contribution in [0.25, 0.3) is 0 Å². The number of fused-ring (bicyclic) bond motifs is 1. The number of amides is 2. The van der Waals surface area contributed by atoms with Crippen molar-refractivity contribution in [2.45, 2.75) is 35.2 Å². The molecule has 1 aromatic rings. The number of aromatic nitrogens is 3. The highest BCUT2D eigenvalue weighted by molar-refractivity contribution is 8.17. The first-order valence-corrected chi connectivity index (χ1v) is 11.1. The number of β-lactam (4-membered cyclic amide) rings is 1. The van der Waals surface area contributed by atoms with Gasteiger partial charge < -0.3 is 10.4 Å². The lowest BCUT2D eigenvalue weighted by atomic mass is 9.86. The monoisotopic (exact) mass is 451 g/mol. The fourth-order valence-corrected chi connectivity index (χ4v) is 5.26. The van der Waals surface area contributed by atoms with E-state index in [2.05, 4.69) is 15.4 Å². The number of carbonyl (C=O) groups is 3. The second-order valence-corrected chi connectivity index (χ2v) is 9.13. The fourth-order valence-electron chi connectivity index (χ4n) is 2.91. The number of aromatic amines is 1. The Balaban J connectivity index is 1.69. The number of nitrogens with one attached hydrogen (secondary N) is 2. The van der Waals surface area contributed by atoms with Gasteiger partial charge in [-0.3, -0.25) is 19.6 Å². The molecule has 152 valence electrons. The molecule has 0 radical (unpaired) electrons. The Morgan fingerprint density at radius 2 is 2.21 bits per heavy atom. The summed E-state index contributed by atoms with van der Waals surface area (Å²) in [5.41, 5.74) is -0.158. The fraction of sp³-hybridized carbons (Fsp3) is 0.500. The van der Waals surface area contributed by atoms with E-state index in [0.717, 1.165) is 11.2 Å². The van der Waals surface area contributed by atoms with Gasteiger partial charge in [-0.15, -0.1) is 16.9 Å². The Bertz CT molecular complexity index is 820. The summed E-state index contributed by atoms with van der Waals surface area (Å²) in [6.07, 6.45) is 3.42. The van der Waals surface area contributed by atoms with Crippen LogP contribution in [0.5, 0.6) is 0 Å². The maximum absolute atomic E-state index is 13.4. The standard InChI is InChI=1S/C14H15F2N5O4S3/c1-26-14(15,16)13(25)18-9-6-2-3-7(10(12(23)24)21(6)11(9)22)27-5-28-8-4-17-20-19-8/h4,6,9H,2-3,5H2,1H3,(H,18,25)(H,23,24)(H,17,19,20)/t6-,9-/m0/s1.